The van der Waals surface area contributed by atoms with Gasteiger partial charge in [-0.1, -0.05) is 80.2 Å². The molecule has 0 aromatic rings. The molecule has 0 aliphatic carbocycles. The zero-order valence-corrected chi connectivity index (χ0v) is 16.0. The normalized spacial score (nSPS) is 18.0. The summed E-state index contributed by atoms with van der Waals surface area (Å²) < 4.78 is 0. The van der Waals surface area contributed by atoms with E-state index in [9.17, 15) is 0 Å². The molecule has 126 valence electrons. The number of rotatable bonds is 11. The minimum Gasteiger partial charge on any atom is -0.103 e. The van der Waals surface area contributed by atoms with Crippen molar-refractivity contribution in [3.05, 3.63) is 12.7 Å². The molecule has 0 saturated carbocycles. The van der Waals surface area contributed by atoms with E-state index in [1.54, 1.807) is 0 Å². The highest BCUT2D eigenvalue weighted by Gasteiger charge is 2.21. The van der Waals surface area contributed by atoms with E-state index in [0.29, 0.717) is 5.41 Å². The molecule has 0 aromatic carbocycles. The summed E-state index contributed by atoms with van der Waals surface area (Å²) in [7, 11) is 0. The second kappa shape index (κ2) is 10.5. The number of allylic oxidation sites excluding steroid dienone is 1. The third-order valence-electron chi connectivity index (χ3n) is 4.81. The van der Waals surface area contributed by atoms with Crippen LogP contribution in [0.2, 0.25) is 0 Å². The molecule has 0 fully saturated rings. The largest absolute Gasteiger partial charge is 0.103 e. The van der Waals surface area contributed by atoms with Crippen LogP contribution in [0.1, 0.15) is 93.4 Å². The minimum absolute atomic E-state index is 0.476. The van der Waals surface area contributed by atoms with E-state index in [1.165, 1.54) is 44.9 Å². The summed E-state index contributed by atoms with van der Waals surface area (Å²) in [5.41, 5.74) is 0.476. The van der Waals surface area contributed by atoms with Gasteiger partial charge in [-0.2, -0.15) is 0 Å². The quantitative estimate of drug-likeness (QED) is 0.346. The van der Waals surface area contributed by atoms with E-state index in [2.05, 4.69) is 61.1 Å². The fourth-order valence-electron chi connectivity index (χ4n) is 3.83. The highest BCUT2D eigenvalue weighted by atomic mass is 14.3. The Kier molecular flexibility index (Phi) is 10.3. The van der Waals surface area contributed by atoms with Crippen LogP contribution in [-0.4, -0.2) is 0 Å². The SMILES string of the molecule is C=CCC(C)CC(CCC)C(C)CCC(C)CC(C)(C)C. The molecule has 0 aliphatic heterocycles. The van der Waals surface area contributed by atoms with Crippen molar-refractivity contribution in [2.45, 2.75) is 93.4 Å². The maximum absolute atomic E-state index is 3.89. The Morgan fingerprint density at radius 3 is 2.05 bits per heavy atom. The van der Waals surface area contributed by atoms with E-state index >= 15 is 0 Å². The van der Waals surface area contributed by atoms with Gasteiger partial charge in [-0.25, -0.2) is 0 Å². The van der Waals surface area contributed by atoms with Gasteiger partial charge in [-0.3, -0.25) is 0 Å². The molecule has 0 heterocycles. The van der Waals surface area contributed by atoms with Crippen LogP contribution in [0.3, 0.4) is 0 Å². The number of hydrogen-bond donors (Lipinski definition) is 0. The Balaban J connectivity index is 4.27. The smallest absolute Gasteiger partial charge is 0.0327 e. The highest BCUT2D eigenvalue weighted by molar-refractivity contribution is 4.76. The fraction of sp³-hybridized carbons (Fsp3) is 0.905. The molecule has 0 N–H and O–H groups in total. The molecule has 0 aliphatic rings. The van der Waals surface area contributed by atoms with E-state index in [4.69, 9.17) is 0 Å². The van der Waals surface area contributed by atoms with Crippen molar-refractivity contribution in [3.63, 3.8) is 0 Å². The topological polar surface area (TPSA) is 0 Å². The van der Waals surface area contributed by atoms with Gasteiger partial charge in [0.25, 0.3) is 0 Å². The first-order valence-corrected chi connectivity index (χ1v) is 9.30. The second-order valence-corrected chi connectivity index (χ2v) is 8.84. The van der Waals surface area contributed by atoms with Crippen LogP contribution in [0.5, 0.6) is 0 Å². The molecule has 4 atom stereocenters. The third-order valence-corrected chi connectivity index (χ3v) is 4.81. The second-order valence-electron chi connectivity index (χ2n) is 8.84. The van der Waals surface area contributed by atoms with Gasteiger partial charge in [0.05, 0.1) is 0 Å². The van der Waals surface area contributed by atoms with Gasteiger partial charge in [0.15, 0.2) is 0 Å². The van der Waals surface area contributed by atoms with E-state index in [-0.39, 0.29) is 0 Å². The first-order chi connectivity index (χ1) is 9.69. The van der Waals surface area contributed by atoms with Crippen LogP contribution in [0.15, 0.2) is 12.7 Å². The average molecular weight is 295 g/mol. The Morgan fingerprint density at radius 1 is 0.952 bits per heavy atom. The average Bonchev–Trinajstić information content (AvgIpc) is 2.33. The zero-order chi connectivity index (χ0) is 16.5. The summed E-state index contributed by atoms with van der Waals surface area (Å²) in [6.07, 6.45) is 11.5. The zero-order valence-electron chi connectivity index (χ0n) is 16.0. The van der Waals surface area contributed by atoms with Gasteiger partial charge in [0.2, 0.25) is 0 Å². The Labute approximate surface area is 135 Å². The van der Waals surface area contributed by atoms with Gasteiger partial charge in [0.1, 0.15) is 0 Å². The van der Waals surface area contributed by atoms with E-state index < -0.39 is 0 Å². The fourth-order valence-corrected chi connectivity index (χ4v) is 3.83. The minimum atomic E-state index is 0.476. The molecule has 0 radical (unpaired) electrons. The maximum atomic E-state index is 3.89. The monoisotopic (exact) mass is 294 g/mol. The molecule has 0 aromatic heterocycles. The standard InChI is InChI=1S/C21H42/c1-9-11-17(3)15-20(12-10-2)19(5)14-13-18(4)16-21(6,7)8/h9,17-20H,1,10-16H2,2-8H3. The van der Waals surface area contributed by atoms with E-state index in [1.807, 2.05) is 0 Å². The van der Waals surface area contributed by atoms with Gasteiger partial charge in [-0.05, 0) is 48.3 Å². The molecule has 21 heavy (non-hydrogen) atoms. The molecular weight excluding hydrogens is 252 g/mol. The third kappa shape index (κ3) is 11.0. The lowest BCUT2D eigenvalue weighted by molar-refractivity contribution is 0.230. The van der Waals surface area contributed by atoms with Crippen molar-refractivity contribution < 1.29 is 0 Å². The van der Waals surface area contributed by atoms with E-state index in [0.717, 1.165) is 23.7 Å². The number of hydrogen-bond acceptors (Lipinski definition) is 0. The van der Waals surface area contributed by atoms with Crippen molar-refractivity contribution >= 4 is 0 Å². The molecule has 0 saturated heterocycles. The van der Waals surface area contributed by atoms with Gasteiger partial charge in [0, 0.05) is 0 Å². The predicted octanol–water partition coefficient (Wildman–Crippen LogP) is 7.49. The lowest BCUT2D eigenvalue weighted by Crippen LogP contribution is -2.17. The molecule has 0 rings (SSSR count). The lowest BCUT2D eigenvalue weighted by Gasteiger charge is -2.28. The first-order valence-electron chi connectivity index (χ1n) is 9.30. The molecule has 0 heteroatoms. The summed E-state index contributed by atoms with van der Waals surface area (Å²) in [4.78, 5) is 0. The Morgan fingerprint density at radius 2 is 1.57 bits per heavy atom. The molecule has 0 amide bonds. The van der Waals surface area contributed by atoms with Crippen molar-refractivity contribution in [1.82, 2.24) is 0 Å². The predicted molar refractivity (Wildman–Crippen MR) is 98.6 cm³/mol. The Bertz CT molecular complexity index is 258. The summed E-state index contributed by atoms with van der Waals surface area (Å²) in [5, 5.41) is 0. The van der Waals surface area contributed by atoms with Crippen LogP contribution in [-0.2, 0) is 0 Å². The Hall–Kier alpha value is -0.260. The van der Waals surface area contributed by atoms with Crippen LogP contribution in [0.4, 0.5) is 0 Å². The van der Waals surface area contributed by atoms with Crippen LogP contribution in [0, 0.1) is 29.1 Å². The van der Waals surface area contributed by atoms with Crippen molar-refractivity contribution in [3.8, 4) is 0 Å². The summed E-state index contributed by atoms with van der Waals surface area (Å²) in [6, 6.07) is 0. The first kappa shape index (κ1) is 20.7. The maximum Gasteiger partial charge on any atom is -0.0327 e. The van der Waals surface area contributed by atoms with Crippen LogP contribution in [0.25, 0.3) is 0 Å². The van der Waals surface area contributed by atoms with Crippen molar-refractivity contribution in [2.75, 3.05) is 0 Å². The van der Waals surface area contributed by atoms with Gasteiger partial charge in [-0.15, -0.1) is 6.58 Å². The van der Waals surface area contributed by atoms with Crippen molar-refractivity contribution in [1.29, 1.82) is 0 Å². The van der Waals surface area contributed by atoms with Crippen molar-refractivity contribution in [2.24, 2.45) is 29.1 Å². The molecule has 0 bridgehead atoms. The molecule has 0 nitrogen and oxygen atoms in total. The van der Waals surface area contributed by atoms with Crippen LogP contribution >= 0.6 is 0 Å². The van der Waals surface area contributed by atoms with Gasteiger partial charge < -0.3 is 0 Å². The lowest BCUT2D eigenvalue weighted by atomic mass is 9.77. The summed E-state index contributed by atoms with van der Waals surface area (Å²) in [6.45, 7) is 20.6. The summed E-state index contributed by atoms with van der Waals surface area (Å²) >= 11 is 0. The molecular formula is C21H42. The highest BCUT2D eigenvalue weighted by Crippen LogP contribution is 2.33. The summed E-state index contributed by atoms with van der Waals surface area (Å²) in [5.74, 6) is 3.44. The van der Waals surface area contributed by atoms with Crippen LogP contribution < -0.4 is 0 Å². The molecule has 4 unspecified atom stereocenters. The molecule has 0 spiro atoms. The van der Waals surface area contributed by atoms with Gasteiger partial charge >= 0.3 is 0 Å².